The summed E-state index contributed by atoms with van der Waals surface area (Å²) in [7, 11) is 0. The van der Waals surface area contributed by atoms with Crippen LogP contribution in [0.5, 0.6) is 0 Å². The molecule has 0 aromatic heterocycles. The Morgan fingerprint density at radius 3 is 2.50 bits per heavy atom. The van der Waals surface area contributed by atoms with Crippen LogP contribution in [0, 0.1) is 0 Å². The van der Waals surface area contributed by atoms with E-state index in [0.717, 1.165) is 19.5 Å². The number of fused-ring (bicyclic) bond motifs is 1. The molecule has 2 heteroatoms. The van der Waals surface area contributed by atoms with Crippen LogP contribution in [0.15, 0.2) is 54.6 Å². The zero-order valence-electron chi connectivity index (χ0n) is 10.4. The van der Waals surface area contributed by atoms with E-state index in [4.69, 9.17) is 5.73 Å². The lowest BCUT2D eigenvalue weighted by atomic mass is 9.81. The summed E-state index contributed by atoms with van der Waals surface area (Å²) in [6.07, 6.45) is 1.04. The smallest absolute Gasteiger partial charge is 0.0794 e. The predicted molar refractivity (Wildman–Crippen MR) is 74.4 cm³/mol. The molecule has 18 heavy (non-hydrogen) atoms. The normalized spacial score (nSPS) is 23.2. The summed E-state index contributed by atoms with van der Waals surface area (Å²) in [6, 6.07) is 18.9. The van der Waals surface area contributed by atoms with E-state index in [2.05, 4.69) is 53.8 Å². The number of nitrogens with one attached hydrogen (secondary N) is 1. The molecule has 0 saturated heterocycles. The molecule has 0 aliphatic carbocycles. The minimum Gasteiger partial charge on any atom is -0.317 e. The van der Waals surface area contributed by atoms with Gasteiger partial charge in [0.15, 0.2) is 0 Å². The molecule has 1 aliphatic heterocycles. The number of hydrogen-bond donors (Lipinski definition) is 2. The van der Waals surface area contributed by atoms with Crippen LogP contribution in [0.3, 0.4) is 0 Å². The lowest BCUT2D eigenvalue weighted by molar-refractivity contribution is 0.499. The molecule has 0 fully saturated rings. The zero-order valence-corrected chi connectivity index (χ0v) is 10.4. The van der Waals surface area contributed by atoms with Gasteiger partial charge in [0.25, 0.3) is 0 Å². The third kappa shape index (κ3) is 1.84. The average Bonchev–Trinajstić information content (AvgIpc) is 2.61. The van der Waals surface area contributed by atoms with E-state index in [9.17, 15) is 0 Å². The molecule has 0 spiro atoms. The molecule has 3 N–H and O–H groups in total. The minimum absolute atomic E-state index is 0.422. The highest BCUT2D eigenvalue weighted by molar-refractivity contribution is 5.44. The fraction of sp³-hybridized carbons (Fsp3) is 0.250. The topological polar surface area (TPSA) is 38.0 Å². The van der Waals surface area contributed by atoms with Crippen molar-refractivity contribution in [3.8, 4) is 0 Å². The highest BCUT2D eigenvalue weighted by Gasteiger charge is 2.32. The fourth-order valence-electron chi connectivity index (χ4n) is 2.77. The molecule has 0 saturated carbocycles. The molecule has 1 aliphatic rings. The zero-order chi connectivity index (χ0) is 12.4. The SMILES string of the molecule is NC1(c2ccccc2)CNCCc2ccccc21. The van der Waals surface area contributed by atoms with Gasteiger partial charge in [0.2, 0.25) is 0 Å². The molecule has 1 heterocycles. The summed E-state index contributed by atoms with van der Waals surface area (Å²) in [5, 5.41) is 3.46. The van der Waals surface area contributed by atoms with Gasteiger partial charge in [-0.3, -0.25) is 0 Å². The number of benzene rings is 2. The van der Waals surface area contributed by atoms with Crippen molar-refractivity contribution >= 4 is 0 Å². The molecular weight excluding hydrogens is 220 g/mol. The molecule has 2 nitrogen and oxygen atoms in total. The Hall–Kier alpha value is -1.64. The van der Waals surface area contributed by atoms with Gasteiger partial charge < -0.3 is 11.1 Å². The Bertz CT molecular complexity index is 536. The van der Waals surface area contributed by atoms with Crippen molar-refractivity contribution in [1.82, 2.24) is 5.32 Å². The maximum absolute atomic E-state index is 6.73. The summed E-state index contributed by atoms with van der Waals surface area (Å²) in [5.41, 5.74) is 10.1. The van der Waals surface area contributed by atoms with Gasteiger partial charge in [-0.25, -0.2) is 0 Å². The maximum Gasteiger partial charge on any atom is 0.0794 e. The van der Waals surface area contributed by atoms with Gasteiger partial charge in [-0.2, -0.15) is 0 Å². The minimum atomic E-state index is -0.422. The largest absolute Gasteiger partial charge is 0.317 e. The molecule has 0 amide bonds. The standard InChI is InChI=1S/C16H18N2/c17-16(14-7-2-1-3-8-14)12-18-11-10-13-6-4-5-9-15(13)16/h1-9,18H,10-12,17H2. The van der Waals surface area contributed by atoms with Gasteiger partial charge in [-0.15, -0.1) is 0 Å². The van der Waals surface area contributed by atoms with Gasteiger partial charge in [-0.1, -0.05) is 54.6 Å². The van der Waals surface area contributed by atoms with Crippen LogP contribution >= 0.6 is 0 Å². The van der Waals surface area contributed by atoms with Crippen molar-refractivity contribution in [3.05, 3.63) is 71.3 Å². The van der Waals surface area contributed by atoms with Crippen molar-refractivity contribution in [2.24, 2.45) is 5.73 Å². The van der Waals surface area contributed by atoms with E-state index in [1.807, 2.05) is 6.07 Å². The van der Waals surface area contributed by atoms with E-state index in [-0.39, 0.29) is 0 Å². The third-order valence-corrected chi connectivity index (χ3v) is 3.76. The Morgan fingerprint density at radius 2 is 1.67 bits per heavy atom. The van der Waals surface area contributed by atoms with E-state index in [1.165, 1.54) is 16.7 Å². The first-order chi connectivity index (χ1) is 8.81. The van der Waals surface area contributed by atoms with E-state index >= 15 is 0 Å². The lowest BCUT2D eigenvalue weighted by Gasteiger charge is -2.31. The van der Waals surface area contributed by atoms with E-state index in [0.29, 0.717) is 0 Å². The van der Waals surface area contributed by atoms with Crippen LogP contribution in [0.1, 0.15) is 16.7 Å². The quantitative estimate of drug-likeness (QED) is 0.798. The van der Waals surface area contributed by atoms with Crippen molar-refractivity contribution in [2.45, 2.75) is 12.0 Å². The number of rotatable bonds is 1. The molecule has 1 unspecified atom stereocenters. The first kappa shape index (κ1) is 11.5. The predicted octanol–water partition coefficient (Wildman–Crippen LogP) is 2.03. The van der Waals surface area contributed by atoms with Gasteiger partial charge in [0.05, 0.1) is 5.54 Å². The van der Waals surface area contributed by atoms with Crippen molar-refractivity contribution in [1.29, 1.82) is 0 Å². The van der Waals surface area contributed by atoms with Crippen molar-refractivity contribution in [2.75, 3.05) is 13.1 Å². The second kappa shape index (κ2) is 4.56. The summed E-state index contributed by atoms with van der Waals surface area (Å²) < 4.78 is 0. The molecule has 2 aromatic rings. The maximum atomic E-state index is 6.73. The van der Waals surface area contributed by atoms with Crippen LogP contribution in [-0.2, 0) is 12.0 Å². The fourth-order valence-corrected chi connectivity index (χ4v) is 2.77. The highest BCUT2D eigenvalue weighted by atomic mass is 14.9. The van der Waals surface area contributed by atoms with Crippen molar-refractivity contribution in [3.63, 3.8) is 0 Å². The number of nitrogens with two attached hydrogens (primary N) is 1. The first-order valence-electron chi connectivity index (χ1n) is 6.44. The summed E-state index contributed by atoms with van der Waals surface area (Å²) in [5.74, 6) is 0. The van der Waals surface area contributed by atoms with Crippen molar-refractivity contribution < 1.29 is 0 Å². The lowest BCUT2D eigenvalue weighted by Crippen LogP contribution is -2.46. The highest BCUT2D eigenvalue weighted by Crippen LogP contribution is 2.30. The Balaban J connectivity index is 2.16. The van der Waals surface area contributed by atoms with Gasteiger partial charge in [0.1, 0.15) is 0 Å². The van der Waals surface area contributed by atoms with Crippen LogP contribution < -0.4 is 11.1 Å². The van der Waals surface area contributed by atoms with Gasteiger partial charge in [0, 0.05) is 6.54 Å². The Labute approximate surface area is 108 Å². The molecule has 0 bridgehead atoms. The third-order valence-electron chi connectivity index (χ3n) is 3.76. The monoisotopic (exact) mass is 238 g/mol. The molecule has 3 rings (SSSR count). The molecule has 2 aromatic carbocycles. The van der Waals surface area contributed by atoms with Crippen LogP contribution in [0.4, 0.5) is 0 Å². The molecule has 1 atom stereocenters. The molecule has 92 valence electrons. The van der Waals surface area contributed by atoms with Crippen LogP contribution in [0.2, 0.25) is 0 Å². The summed E-state index contributed by atoms with van der Waals surface area (Å²) >= 11 is 0. The summed E-state index contributed by atoms with van der Waals surface area (Å²) in [4.78, 5) is 0. The Morgan fingerprint density at radius 1 is 0.944 bits per heavy atom. The molecular formula is C16H18N2. The number of hydrogen-bond acceptors (Lipinski definition) is 2. The van der Waals surface area contributed by atoms with Gasteiger partial charge in [-0.05, 0) is 29.7 Å². The van der Waals surface area contributed by atoms with Gasteiger partial charge >= 0.3 is 0 Å². The molecule has 0 radical (unpaired) electrons. The second-order valence-electron chi connectivity index (χ2n) is 4.92. The van der Waals surface area contributed by atoms with Crippen LogP contribution in [-0.4, -0.2) is 13.1 Å². The average molecular weight is 238 g/mol. The summed E-state index contributed by atoms with van der Waals surface area (Å²) in [6.45, 7) is 1.77. The first-order valence-corrected chi connectivity index (χ1v) is 6.44. The Kier molecular flexibility index (Phi) is 2.90. The van der Waals surface area contributed by atoms with E-state index < -0.39 is 5.54 Å². The van der Waals surface area contributed by atoms with E-state index in [1.54, 1.807) is 0 Å². The second-order valence-corrected chi connectivity index (χ2v) is 4.92. The van der Waals surface area contributed by atoms with Crippen LogP contribution in [0.25, 0.3) is 0 Å².